The highest BCUT2D eigenvalue weighted by Crippen LogP contribution is 2.23. The first kappa shape index (κ1) is 18.3. The zero-order valence-electron chi connectivity index (χ0n) is 14.8. The molecular weight excluding hydrogens is 344 g/mol. The van der Waals surface area contributed by atoms with Crippen LogP contribution in [0.4, 0.5) is 0 Å². The van der Waals surface area contributed by atoms with E-state index < -0.39 is 0 Å². The van der Waals surface area contributed by atoms with E-state index in [1.54, 1.807) is 18.6 Å². The van der Waals surface area contributed by atoms with Crippen molar-refractivity contribution < 1.29 is 0 Å². The first-order valence-electron chi connectivity index (χ1n) is 8.56. The minimum absolute atomic E-state index is 0.231. The Kier molecular flexibility index (Phi) is 5.33. The van der Waals surface area contributed by atoms with Gasteiger partial charge < -0.3 is 32.1 Å². The lowest BCUT2D eigenvalue weighted by molar-refractivity contribution is 0.207. The molecule has 27 heavy (non-hydrogen) atoms. The third-order valence-electron chi connectivity index (χ3n) is 4.92. The number of fused-ring (bicyclic) bond motifs is 1. The minimum Gasteiger partial charge on any atom is -0.383 e. The monoisotopic (exact) mass is 366 g/mol. The number of likely N-dealkylation sites (tertiary alicyclic amines) is 1. The van der Waals surface area contributed by atoms with E-state index in [9.17, 15) is 0 Å². The fourth-order valence-corrected chi connectivity index (χ4v) is 3.20. The number of rotatable bonds is 5. The number of piperidine rings is 1. The summed E-state index contributed by atoms with van der Waals surface area (Å²) in [6.07, 6.45) is 9.49. The fraction of sp³-hybridized carbons (Fsp3) is 0.353. The second kappa shape index (κ2) is 7.84. The molecular formula is C17H22N10. The molecule has 0 atom stereocenters. The maximum Gasteiger partial charge on any atom is 0.209 e. The van der Waals surface area contributed by atoms with E-state index in [1.807, 2.05) is 11.0 Å². The molecule has 1 aliphatic heterocycles. The molecule has 3 heterocycles. The molecule has 2 aromatic heterocycles. The fourth-order valence-electron chi connectivity index (χ4n) is 3.20. The maximum absolute atomic E-state index is 8.64. The Morgan fingerprint density at radius 1 is 1.48 bits per heavy atom. The summed E-state index contributed by atoms with van der Waals surface area (Å²) in [6, 6.07) is 1.89. The highest BCUT2D eigenvalue weighted by molar-refractivity contribution is 6.11. The van der Waals surface area contributed by atoms with Crippen LogP contribution in [0.25, 0.3) is 16.6 Å². The van der Waals surface area contributed by atoms with Crippen molar-refractivity contribution in [2.45, 2.75) is 18.4 Å². The smallest absolute Gasteiger partial charge is 0.209 e. The van der Waals surface area contributed by atoms with E-state index in [-0.39, 0.29) is 11.5 Å². The molecule has 1 saturated heterocycles. The number of nitrogens with two attached hydrogens (primary N) is 2. The predicted octanol–water partition coefficient (Wildman–Crippen LogP) is 0.127. The summed E-state index contributed by atoms with van der Waals surface area (Å²) in [5.74, 6) is 0.231. The van der Waals surface area contributed by atoms with Crippen molar-refractivity contribution in [1.82, 2.24) is 25.2 Å². The van der Waals surface area contributed by atoms with Gasteiger partial charge in [0.1, 0.15) is 12.0 Å². The number of H-pyrrole nitrogens is 1. The van der Waals surface area contributed by atoms with E-state index >= 15 is 0 Å². The Balaban J connectivity index is 1.78. The Hall–Kier alpha value is -3.45. The molecule has 3 rings (SSSR count). The van der Waals surface area contributed by atoms with Gasteiger partial charge >= 0.3 is 0 Å². The maximum atomic E-state index is 8.64. The minimum atomic E-state index is -0.317. The van der Waals surface area contributed by atoms with Crippen molar-refractivity contribution in [3.05, 3.63) is 30.5 Å². The summed E-state index contributed by atoms with van der Waals surface area (Å²) in [7, 11) is 0. The van der Waals surface area contributed by atoms with Gasteiger partial charge in [-0.25, -0.2) is 9.97 Å². The Morgan fingerprint density at radius 3 is 2.93 bits per heavy atom. The van der Waals surface area contributed by atoms with E-state index in [4.69, 9.17) is 22.1 Å². The second-order valence-electron chi connectivity index (χ2n) is 6.39. The molecule has 0 aromatic carbocycles. The zero-order chi connectivity index (χ0) is 19.3. The van der Waals surface area contributed by atoms with Crippen LogP contribution in [0.15, 0.2) is 29.8 Å². The number of aliphatic imine (C=N–C) groups is 1. The van der Waals surface area contributed by atoms with Crippen molar-refractivity contribution in [2.75, 3.05) is 19.6 Å². The average Bonchev–Trinajstić information content (AvgIpc) is 3.18. The summed E-state index contributed by atoms with van der Waals surface area (Å²) in [5, 5.41) is 20.7. The standard InChI is InChI=1S/C17H22N10/c18-7-12(14-13-1-4-22-15(13)25-11-24-14)8-26-17(9-19)2-5-27(6-3-17)16(21)23-10-20/h1,4,7-8,11,18,26H,2-3,5-6,9,19H2,(H2,21,23)(H,22,24,25)/b12-8+,18-7?. The highest BCUT2D eigenvalue weighted by Gasteiger charge is 2.33. The number of nitrogens with one attached hydrogen (secondary N) is 3. The van der Waals surface area contributed by atoms with Crippen LogP contribution in [0.1, 0.15) is 18.5 Å². The number of allylic oxidation sites excluding steroid dienone is 1. The number of aromatic nitrogens is 3. The predicted molar refractivity (Wildman–Crippen MR) is 104 cm³/mol. The van der Waals surface area contributed by atoms with Crippen molar-refractivity contribution in [2.24, 2.45) is 16.5 Å². The number of nitrogens with zero attached hydrogens (tertiary/aromatic N) is 5. The van der Waals surface area contributed by atoms with Crippen LogP contribution in [-0.2, 0) is 0 Å². The average molecular weight is 366 g/mol. The zero-order valence-corrected chi connectivity index (χ0v) is 14.8. The van der Waals surface area contributed by atoms with E-state index in [2.05, 4.69) is 25.3 Å². The molecule has 0 aliphatic carbocycles. The quantitative estimate of drug-likeness (QED) is 0.284. The summed E-state index contributed by atoms with van der Waals surface area (Å²) < 4.78 is 0. The van der Waals surface area contributed by atoms with Gasteiger partial charge in [-0.2, -0.15) is 5.26 Å². The Bertz CT molecular complexity index is 911. The van der Waals surface area contributed by atoms with E-state index in [1.165, 1.54) is 12.5 Å². The van der Waals surface area contributed by atoms with Gasteiger partial charge in [-0.1, -0.05) is 0 Å². The van der Waals surface area contributed by atoms with Crippen LogP contribution in [0.3, 0.4) is 0 Å². The van der Waals surface area contributed by atoms with Gasteiger partial charge in [0.25, 0.3) is 0 Å². The Labute approximate surface area is 156 Å². The molecule has 1 aliphatic rings. The molecule has 2 aromatic rings. The van der Waals surface area contributed by atoms with Gasteiger partial charge in [-0.3, -0.25) is 0 Å². The first-order valence-corrected chi connectivity index (χ1v) is 8.56. The van der Waals surface area contributed by atoms with Crippen molar-refractivity contribution in [1.29, 1.82) is 10.7 Å². The molecule has 0 spiro atoms. The van der Waals surface area contributed by atoms with Crippen LogP contribution in [0.2, 0.25) is 0 Å². The van der Waals surface area contributed by atoms with Crippen LogP contribution in [0.5, 0.6) is 0 Å². The summed E-state index contributed by atoms with van der Waals surface area (Å²) in [4.78, 5) is 17.0. The molecule has 10 nitrogen and oxygen atoms in total. The lowest BCUT2D eigenvalue weighted by Gasteiger charge is -2.41. The summed E-state index contributed by atoms with van der Waals surface area (Å²) in [6.45, 7) is 1.72. The molecule has 7 N–H and O–H groups in total. The lowest BCUT2D eigenvalue weighted by atomic mass is 9.87. The molecule has 10 heteroatoms. The van der Waals surface area contributed by atoms with Gasteiger partial charge in [0.15, 0.2) is 0 Å². The molecule has 0 bridgehead atoms. The number of hydrogen-bond acceptors (Lipinski definition) is 7. The molecule has 1 fully saturated rings. The SMILES string of the molecule is N#C/N=C(/N)N1CCC(CN)(N/C=C(\C=N)c2ncnc3[nH]ccc23)CC1. The van der Waals surface area contributed by atoms with Crippen LogP contribution in [0, 0.1) is 16.9 Å². The first-order chi connectivity index (χ1) is 13.1. The van der Waals surface area contributed by atoms with Crippen molar-refractivity contribution in [3.63, 3.8) is 0 Å². The Morgan fingerprint density at radius 2 is 2.26 bits per heavy atom. The molecule has 0 unspecified atom stereocenters. The van der Waals surface area contributed by atoms with Crippen LogP contribution >= 0.6 is 0 Å². The largest absolute Gasteiger partial charge is 0.383 e. The number of hydrogen-bond donors (Lipinski definition) is 5. The van der Waals surface area contributed by atoms with Gasteiger partial charge in [-0.15, -0.1) is 4.99 Å². The molecule has 0 saturated carbocycles. The third kappa shape index (κ3) is 3.73. The van der Waals surface area contributed by atoms with Crippen molar-refractivity contribution >= 4 is 28.8 Å². The van der Waals surface area contributed by atoms with Gasteiger partial charge in [0.05, 0.1) is 11.2 Å². The molecule has 140 valence electrons. The van der Waals surface area contributed by atoms with E-state index in [0.29, 0.717) is 30.9 Å². The van der Waals surface area contributed by atoms with Gasteiger partial charge in [0, 0.05) is 49.2 Å². The normalized spacial score (nSPS) is 17.6. The number of nitriles is 1. The van der Waals surface area contributed by atoms with Crippen molar-refractivity contribution in [3.8, 4) is 6.19 Å². The van der Waals surface area contributed by atoms with Crippen LogP contribution < -0.4 is 16.8 Å². The third-order valence-corrected chi connectivity index (χ3v) is 4.92. The second-order valence-corrected chi connectivity index (χ2v) is 6.39. The number of guanidine groups is 1. The lowest BCUT2D eigenvalue weighted by Crippen LogP contribution is -2.57. The molecule has 0 amide bonds. The highest BCUT2D eigenvalue weighted by atomic mass is 15.3. The van der Waals surface area contributed by atoms with Crippen LogP contribution in [-0.4, -0.2) is 57.2 Å². The topological polar surface area (TPSA) is 169 Å². The summed E-state index contributed by atoms with van der Waals surface area (Å²) in [5.41, 5.74) is 13.6. The summed E-state index contributed by atoms with van der Waals surface area (Å²) >= 11 is 0. The van der Waals surface area contributed by atoms with Gasteiger partial charge in [-0.05, 0) is 18.9 Å². The molecule has 0 radical (unpaired) electrons. The van der Waals surface area contributed by atoms with Gasteiger partial charge in [0.2, 0.25) is 12.2 Å². The number of aromatic amines is 1. The van der Waals surface area contributed by atoms with E-state index in [0.717, 1.165) is 23.9 Å².